The minimum absolute atomic E-state index is 0.0722. The fraction of sp³-hybridized carbons (Fsp3) is 0.571. The lowest BCUT2D eigenvalue weighted by Gasteiger charge is -2.08. The van der Waals surface area contributed by atoms with Gasteiger partial charge in [-0.15, -0.1) is 18.2 Å². The normalized spacial score (nSPS) is 10.7. The molecule has 0 spiro atoms. The molecule has 4 nitrogen and oxygen atoms in total. The van der Waals surface area contributed by atoms with Crippen LogP contribution in [-0.4, -0.2) is 44.8 Å². The van der Waals surface area contributed by atoms with E-state index in [0.717, 1.165) is 44.6 Å². The van der Waals surface area contributed by atoms with Crippen LogP contribution in [0.25, 0.3) is 0 Å². The Kier molecular flexibility index (Phi) is 13.8. The number of benzene rings is 1. The number of halogens is 1. The number of aryl methyl sites for hydroxylation is 1. The Morgan fingerprint density at radius 1 is 1.00 bits per heavy atom. The monoisotopic (exact) mass is 381 g/mol. The third kappa shape index (κ3) is 11.3. The van der Waals surface area contributed by atoms with Crippen molar-refractivity contribution in [2.24, 2.45) is 0 Å². The van der Waals surface area contributed by atoms with Gasteiger partial charge in [0, 0.05) is 24.6 Å². The van der Waals surface area contributed by atoms with E-state index in [1.807, 2.05) is 30.3 Å². The summed E-state index contributed by atoms with van der Waals surface area (Å²) in [5.41, 5.74) is 1.88. The SMILES string of the molecule is C=CCCc1ccc(C(=O)NCCOCCOCCCCCCCl)cc1. The van der Waals surface area contributed by atoms with Crippen molar-refractivity contribution >= 4 is 17.5 Å². The predicted octanol–water partition coefficient (Wildman–Crippen LogP) is 4.37. The van der Waals surface area contributed by atoms with Gasteiger partial charge < -0.3 is 14.8 Å². The molecule has 0 unspecified atom stereocenters. The van der Waals surface area contributed by atoms with Gasteiger partial charge in [0.05, 0.1) is 19.8 Å². The van der Waals surface area contributed by atoms with Crippen LogP contribution in [0.1, 0.15) is 48.0 Å². The molecule has 0 aliphatic rings. The minimum Gasteiger partial charge on any atom is -0.379 e. The van der Waals surface area contributed by atoms with Gasteiger partial charge in [0.2, 0.25) is 0 Å². The summed E-state index contributed by atoms with van der Waals surface area (Å²) in [4.78, 5) is 12.0. The van der Waals surface area contributed by atoms with Crippen molar-refractivity contribution in [3.8, 4) is 0 Å². The molecule has 0 saturated carbocycles. The maximum absolute atomic E-state index is 12.0. The van der Waals surface area contributed by atoms with Crippen LogP contribution in [0, 0.1) is 0 Å². The summed E-state index contributed by atoms with van der Waals surface area (Å²) >= 11 is 5.62. The number of carbonyl (C=O) groups excluding carboxylic acids is 1. The molecule has 1 aromatic carbocycles. The molecular weight excluding hydrogens is 350 g/mol. The van der Waals surface area contributed by atoms with Gasteiger partial charge in [-0.3, -0.25) is 4.79 Å². The highest BCUT2D eigenvalue weighted by atomic mass is 35.5. The van der Waals surface area contributed by atoms with Crippen LogP contribution in [0.3, 0.4) is 0 Å². The third-order valence-corrected chi connectivity index (χ3v) is 4.20. The second-order valence-corrected chi connectivity index (χ2v) is 6.49. The highest BCUT2D eigenvalue weighted by Crippen LogP contribution is 2.07. The van der Waals surface area contributed by atoms with E-state index >= 15 is 0 Å². The number of ether oxygens (including phenoxy) is 2. The van der Waals surface area contributed by atoms with Crippen molar-refractivity contribution in [3.63, 3.8) is 0 Å². The fourth-order valence-corrected chi connectivity index (χ4v) is 2.59. The summed E-state index contributed by atoms with van der Waals surface area (Å²) in [5, 5.41) is 2.86. The molecular formula is C21H32ClNO3. The fourth-order valence-electron chi connectivity index (χ4n) is 2.40. The largest absolute Gasteiger partial charge is 0.379 e. The topological polar surface area (TPSA) is 47.6 Å². The molecule has 0 bridgehead atoms. The molecule has 5 heteroatoms. The van der Waals surface area contributed by atoms with Crippen molar-refractivity contribution in [1.29, 1.82) is 0 Å². The Morgan fingerprint density at radius 3 is 2.38 bits per heavy atom. The first-order valence-corrected chi connectivity index (χ1v) is 10.0. The molecule has 0 fully saturated rings. The van der Waals surface area contributed by atoms with Crippen LogP contribution in [0.15, 0.2) is 36.9 Å². The molecule has 0 radical (unpaired) electrons. The van der Waals surface area contributed by atoms with Gasteiger partial charge >= 0.3 is 0 Å². The summed E-state index contributed by atoms with van der Waals surface area (Å²) < 4.78 is 11.0. The second-order valence-electron chi connectivity index (χ2n) is 6.11. The van der Waals surface area contributed by atoms with E-state index in [1.165, 1.54) is 12.0 Å². The summed E-state index contributed by atoms with van der Waals surface area (Å²) in [6.07, 6.45) is 8.27. The zero-order chi connectivity index (χ0) is 18.9. The molecule has 1 amide bonds. The zero-order valence-electron chi connectivity index (χ0n) is 15.7. The number of hydrogen-bond acceptors (Lipinski definition) is 3. The first-order valence-electron chi connectivity index (χ1n) is 9.47. The molecule has 0 aliphatic carbocycles. The Morgan fingerprint density at radius 2 is 1.69 bits per heavy atom. The van der Waals surface area contributed by atoms with Gasteiger partial charge in [0.25, 0.3) is 5.91 Å². The summed E-state index contributed by atoms with van der Waals surface area (Å²) in [6, 6.07) is 7.69. The number of alkyl halides is 1. The van der Waals surface area contributed by atoms with Gasteiger partial charge in [-0.25, -0.2) is 0 Å². The summed E-state index contributed by atoms with van der Waals surface area (Å²) in [6.45, 7) is 6.61. The quantitative estimate of drug-likeness (QED) is 0.263. The van der Waals surface area contributed by atoms with Gasteiger partial charge in [-0.05, 0) is 43.4 Å². The van der Waals surface area contributed by atoms with E-state index < -0.39 is 0 Å². The van der Waals surface area contributed by atoms with Crippen LogP contribution in [0.5, 0.6) is 0 Å². The van der Waals surface area contributed by atoms with Crippen molar-refractivity contribution in [3.05, 3.63) is 48.0 Å². The van der Waals surface area contributed by atoms with Crippen LogP contribution < -0.4 is 5.32 Å². The minimum atomic E-state index is -0.0722. The first-order chi connectivity index (χ1) is 12.8. The number of rotatable bonds is 16. The Labute approximate surface area is 162 Å². The van der Waals surface area contributed by atoms with E-state index in [1.54, 1.807) is 0 Å². The van der Waals surface area contributed by atoms with Crippen LogP contribution in [0.4, 0.5) is 0 Å². The standard InChI is InChI=1S/C21H32ClNO3/c1-2-3-8-19-9-11-20(12-10-19)21(24)23-14-16-26-18-17-25-15-7-5-4-6-13-22/h2,9-12H,1,3-8,13-18H2,(H,23,24). The van der Waals surface area contributed by atoms with Crippen LogP contribution in [0.2, 0.25) is 0 Å². The lowest BCUT2D eigenvalue weighted by atomic mass is 10.1. The van der Waals surface area contributed by atoms with Crippen LogP contribution >= 0.6 is 11.6 Å². The highest BCUT2D eigenvalue weighted by Gasteiger charge is 2.04. The maximum atomic E-state index is 12.0. The number of hydrogen-bond donors (Lipinski definition) is 1. The van der Waals surface area contributed by atoms with E-state index in [4.69, 9.17) is 21.1 Å². The molecule has 1 aromatic rings. The lowest BCUT2D eigenvalue weighted by molar-refractivity contribution is 0.0468. The van der Waals surface area contributed by atoms with Gasteiger partial charge in [-0.1, -0.05) is 31.1 Å². The lowest BCUT2D eigenvalue weighted by Crippen LogP contribution is -2.27. The zero-order valence-corrected chi connectivity index (χ0v) is 16.4. The molecule has 0 heterocycles. The number of allylic oxidation sites excluding steroid dienone is 1. The first kappa shape index (κ1) is 22.7. The Hall–Kier alpha value is -1.36. The van der Waals surface area contributed by atoms with E-state index in [0.29, 0.717) is 31.9 Å². The van der Waals surface area contributed by atoms with E-state index in [2.05, 4.69) is 11.9 Å². The smallest absolute Gasteiger partial charge is 0.251 e. The van der Waals surface area contributed by atoms with Crippen LogP contribution in [-0.2, 0) is 15.9 Å². The molecule has 1 rings (SSSR count). The van der Waals surface area contributed by atoms with Crippen molar-refractivity contribution in [2.75, 3.05) is 38.9 Å². The number of nitrogens with one attached hydrogen (secondary N) is 1. The molecule has 146 valence electrons. The Bertz CT molecular complexity index is 491. The van der Waals surface area contributed by atoms with Gasteiger partial charge in [0.15, 0.2) is 0 Å². The molecule has 0 saturated heterocycles. The molecule has 26 heavy (non-hydrogen) atoms. The summed E-state index contributed by atoms with van der Waals surface area (Å²) in [5.74, 6) is 0.670. The highest BCUT2D eigenvalue weighted by molar-refractivity contribution is 6.17. The average Bonchev–Trinajstić information content (AvgIpc) is 2.67. The predicted molar refractivity (Wildman–Crippen MR) is 108 cm³/mol. The molecule has 0 atom stereocenters. The number of unbranched alkanes of at least 4 members (excludes halogenated alkanes) is 3. The molecule has 0 aliphatic heterocycles. The number of carbonyl (C=O) groups is 1. The Balaban J connectivity index is 1.98. The molecule has 1 N–H and O–H groups in total. The summed E-state index contributed by atoms with van der Waals surface area (Å²) in [7, 11) is 0. The van der Waals surface area contributed by atoms with Crippen molar-refractivity contribution < 1.29 is 14.3 Å². The van der Waals surface area contributed by atoms with E-state index in [-0.39, 0.29) is 5.91 Å². The molecule has 0 aromatic heterocycles. The van der Waals surface area contributed by atoms with Gasteiger partial charge in [0.1, 0.15) is 0 Å². The average molecular weight is 382 g/mol. The number of amides is 1. The second kappa shape index (κ2) is 15.9. The maximum Gasteiger partial charge on any atom is 0.251 e. The van der Waals surface area contributed by atoms with Gasteiger partial charge in [-0.2, -0.15) is 0 Å². The van der Waals surface area contributed by atoms with Crippen molar-refractivity contribution in [1.82, 2.24) is 5.32 Å². The van der Waals surface area contributed by atoms with Crippen molar-refractivity contribution in [2.45, 2.75) is 38.5 Å². The van der Waals surface area contributed by atoms with E-state index in [9.17, 15) is 4.79 Å². The third-order valence-electron chi connectivity index (χ3n) is 3.93.